The van der Waals surface area contributed by atoms with E-state index in [1.807, 2.05) is 31.5 Å². The van der Waals surface area contributed by atoms with Crippen LogP contribution in [0, 0.1) is 6.92 Å². The standard InChI is InChI=1S/C14H20N4/c1-4-15-13(9-12-7-5-6-8-16-12)14-10-17-11(2)18(14)3/h5-8,10,13,15H,4,9H2,1-3H3. The summed E-state index contributed by atoms with van der Waals surface area (Å²) in [7, 11) is 2.06. The second-order valence-corrected chi connectivity index (χ2v) is 4.42. The van der Waals surface area contributed by atoms with Crippen molar-refractivity contribution in [3.63, 3.8) is 0 Å². The second-order valence-electron chi connectivity index (χ2n) is 4.42. The molecule has 0 saturated heterocycles. The maximum absolute atomic E-state index is 4.39. The van der Waals surface area contributed by atoms with Crippen LogP contribution < -0.4 is 5.32 Å². The Bertz CT molecular complexity index is 490. The van der Waals surface area contributed by atoms with Crippen molar-refractivity contribution in [1.29, 1.82) is 0 Å². The van der Waals surface area contributed by atoms with Gasteiger partial charge in [0.15, 0.2) is 0 Å². The minimum atomic E-state index is 0.260. The van der Waals surface area contributed by atoms with Gasteiger partial charge in [-0.05, 0) is 25.6 Å². The summed E-state index contributed by atoms with van der Waals surface area (Å²) >= 11 is 0. The molecule has 1 unspecified atom stereocenters. The summed E-state index contributed by atoms with van der Waals surface area (Å²) in [4.78, 5) is 8.76. The van der Waals surface area contributed by atoms with Gasteiger partial charge in [-0.3, -0.25) is 4.98 Å². The lowest BCUT2D eigenvalue weighted by atomic mass is 10.1. The Kier molecular flexibility index (Phi) is 4.10. The van der Waals surface area contributed by atoms with Crippen LogP contribution in [0.1, 0.15) is 30.2 Å². The number of imidazole rings is 1. The summed E-state index contributed by atoms with van der Waals surface area (Å²) in [5, 5.41) is 3.50. The van der Waals surface area contributed by atoms with Crippen molar-refractivity contribution in [2.24, 2.45) is 7.05 Å². The monoisotopic (exact) mass is 244 g/mol. The van der Waals surface area contributed by atoms with Crippen molar-refractivity contribution in [3.05, 3.63) is 47.8 Å². The van der Waals surface area contributed by atoms with Gasteiger partial charge < -0.3 is 9.88 Å². The van der Waals surface area contributed by atoms with E-state index in [1.54, 1.807) is 0 Å². The second kappa shape index (κ2) is 5.78. The number of rotatable bonds is 5. The van der Waals surface area contributed by atoms with E-state index in [2.05, 4.69) is 39.9 Å². The average Bonchev–Trinajstić information content (AvgIpc) is 2.71. The average molecular weight is 244 g/mol. The summed E-state index contributed by atoms with van der Waals surface area (Å²) in [6.45, 7) is 5.07. The normalized spacial score (nSPS) is 12.6. The number of nitrogens with zero attached hydrogens (tertiary/aromatic N) is 3. The highest BCUT2D eigenvalue weighted by Crippen LogP contribution is 2.17. The van der Waals surface area contributed by atoms with E-state index < -0.39 is 0 Å². The van der Waals surface area contributed by atoms with E-state index in [-0.39, 0.29) is 6.04 Å². The van der Waals surface area contributed by atoms with Gasteiger partial charge in [-0.25, -0.2) is 4.98 Å². The molecule has 0 saturated carbocycles. The summed E-state index contributed by atoms with van der Waals surface area (Å²) in [6, 6.07) is 6.30. The van der Waals surface area contributed by atoms with Crippen LogP contribution >= 0.6 is 0 Å². The number of hydrogen-bond donors (Lipinski definition) is 1. The molecule has 2 aromatic rings. The number of aryl methyl sites for hydroxylation is 1. The highest BCUT2D eigenvalue weighted by Gasteiger charge is 2.16. The van der Waals surface area contributed by atoms with E-state index in [0.717, 1.165) is 24.5 Å². The number of likely N-dealkylation sites (N-methyl/N-ethyl adjacent to an activating group) is 1. The smallest absolute Gasteiger partial charge is 0.105 e. The largest absolute Gasteiger partial charge is 0.334 e. The molecule has 1 atom stereocenters. The lowest BCUT2D eigenvalue weighted by molar-refractivity contribution is 0.514. The van der Waals surface area contributed by atoms with Gasteiger partial charge in [-0.1, -0.05) is 13.0 Å². The van der Waals surface area contributed by atoms with E-state index in [4.69, 9.17) is 0 Å². The minimum Gasteiger partial charge on any atom is -0.334 e. The van der Waals surface area contributed by atoms with Gasteiger partial charge in [0.2, 0.25) is 0 Å². The molecule has 2 aromatic heterocycles. The van der Waals surface area contributed by atoms with Crippen molar-refractivity contribution in [1.82, 2.24) is 19.9 Å². The lowest BCUT2D eigenvalue weighted by Gasteiger charge is -2.18. The zero-order valence-corrected chi connectivity index (χ0v) is 11.2. The first-order valence-electron chi connectivity index (χ1n) is 6.34. The van der Waals surface area contributed by atoms with E-state index >= 15 is 0 Å². The van der Waals surface area contributed by atoms with Gasteiger partial charge in [0.05, 0.1) is 17.9 Å². The highest BCUT2D eigenvalue weighted by molar-refractivity contribution is 5.14. The third-order valence-electron chi connectivity index (χ3n) is 3.20. The number of pyridine rings is 1. The molecule has 96 valence electrons. The lowest BCUT2D eigenvalue weighted by Crippen LogP contribution is -2.25. The van der Waals surface area contributed by atoms with Gasteiger partial charge in [0.25, 0.3) is 0 Å². The molecule has 0 radical (unpaired) electrons. The van der Waals surface area contributed by atoms with Crippen molar-refractivity contribution in [2.75, 3.05) is 6.54 Å². The van der Waals surface area contributed by atoms with Crippen LogP contribution in [-0.4, -0.2) is 21.1 Å². The topological polar surface area (TPSA) is 42.7 Å². The third-order valence-corrected chi connectivity index (χ3v) is 3.20. The van der Waals surface area contributed by atoms with Crippen LogP contribution in [0.3, 0.4) is 0 Å². The molecule has 0 fully saturated rings. The molecule has 2 heterocycles. The highest BCUT2D eigenvalue weighted by atomic mass is 15.1. The predicted molar refractivity (Wildman–Crippen MR) is 72.3 cm³/mol. The van der Waals surface area contributed by atoms with Crippen LogP contribution in [0.2, 0.25) is 0 Å². The molecule has 2 rings (SSSR count). The minimum absolute atomic E-state index is 0.260. The SMILES string of the molecule is CCNC(Cc1ccccn1)c1cnc(C)n1C. The summed E-state index contributed by atoms with van der Waals surface area (Å²) in [5.41, 5.74) is 2.31. The Labute approximate surface area is 108 Å². The van der Waals surface area contributed by atoms with Crippen LogP contribution in [-0.2, 0) is 13.5 Å². The van der Waals surface area contributed by atoms with Crippen LogP contribution in [0.4, 0.5) is 0 Å². The van der Waals surface area contributed by atoms with Crippen molar-refractivity contribution in [3.8, 4) is 0 Å². The van der Waals surface area contributed by atoms with Crippen molar-refractivity contribution < 1.29 is 0 Å². The molecule has 0 aliphatic carbocycles. The van der Waals surface area contributed by atoms with Gasteiger partial charge in [-0.15, -0.1) is 0 Å². The molecule has 0 bridgehead atoms. The van der Waals surface area contributed by atoms with Gasteiger partial charge in [-0.2, -0.15) is 0 Å². The first-order chi connectivity index (χ1) is 8.72. The van der Waals surface area contributed by atoms with E-state index in [9.17, 15) is 0 Å². The molecular weight excluding hydrogens is 224 g/mol. The molecule has 18 heavy (non-hydrogen) atoms. The maximum atomic E-state index is 4.39. The molecule has 0 aliphatic rings. The Morgan fingerprint density at radius 3 is 2.72 bits per heavy atom. The molecule has 4 heteroatoms. The predicted octanol–water partition coefficient (Wildman–Crippen LogP) is 2.02. The summed E-state index contributed by atoms with van der Waals surface area (Å²) in [6.07, 6.45) is 4.67. The zero-order valence-electron chi connectivity index (χ0n) is 11.2. The first-order valence-corrected chi connectivity index (χ1v) is 6.34. The van der Waals surface area contributed by atoms with Crippen LogP contribution in [0.25, 0.3) is 0 Å². The van der Waals surface area contributed by atoms with Crippen LogP contribution in [0.15, 0.2) is 30.6 Å². The Morgan fingerprint density at radius 1 is 1.33 bits per heavy atom. The fourth-order valence-electron chi connectivity index (χ4n) is 2.10. The fraction of sp³-hybridized carbons (Fsp3) is 0.429. The molecule has 0 spiro atoms. The number of nitrogens with one attached hydrogen (secondary N) is 1. The number of hydrogen-bond acceptors (Lipinski definition) is 3. The van der Waals surface area contributed by atoms with Crippen molar-refractivity contribution in [2.45, 2.75) is 26.3 Å². The van der Waals surface area contributed by atoms with E-state index in [1.165, 1.54) is 5.69 Å². The zero-order chi connectivity index (χ0) is 13.0. The molecule has 1 N–H and O–H groups in total. The Morgan fingerprint density at radius 2 is 2.17 bits per heavy atom. The van der Waals surface area contributed by atoms with Gasteiger partial charge in [0.1, 0.15) is 5.82 Å². The quantitative estimate of drug-likeness (QED) is 0.875. The van der Waals surface area contributed by atoms with Crippen molar-refractivity contribution >= 4 is 0 Å². The van der Waals surface area contributed by atoms with E-state index in [0.29, 0.717) is 0 Å². The van der Waals surface area contributed by atoms with Gasteiger partial charge >= 0.3 is 0 Å². The third kappa shape index (κ3) is 2.76. The van der Waals surface area contributed by atoms with Crippen LogP contribution in [0.5, 0.6) is 0 Å². The Balaban J connectivity index is 2.21. The maximum Gasteiger partial charge on any atom is 0.105 e. The molecule has 0 aromatic carbocycles. The summed E-state index contributed by atoms with van der Waals surface area (Å²) < 4.78 is 2.14. The first kappa shape index (κ1) is 12.8. The molecule has 0 amide bonds. The van der Waals surface area contributed by atoms with Gasteiger partial charge in [0, 0.05) is 25.4 Å². The molecular formula is C14H20N4. The number of aromatic nitrogens is 3. The molecule has 4 nitrogen and oxygen atoms in total. The Hall–Kier alpha value is -1.68. The molecule has 0 aliphatic heterocycles. The summed E-state index contributed by atoms with van der Waals surface area (Å²) in [5.74, 6) is 1.04. The fourth-order valence-corrected chi connectivity index (χ4v) is 2.10.